The average Bonchev–Trinajstić information content (AvgIpc) is 2.47. The summed E-state index contributed by atoms with van der Waals surface area (Å²) < 4.78 is 9.42. The maximum Gasteiger partial charge on any atom is 3.00 e. The number of ether oxygens (including phenoxy) is 2. The van der Waals surface area contributed by atoms with Gasteiger partial charge in [0, 0.05) is 6.42 Å². The number of aryl methyl sites for hydroxylation is 2. The number of Topliss-reactive ketones (excluding diaryl/α,β-unsaturated/α-hetero) is 1. The molecule has 0 fully saturated rings. The summed E-state index contributed by atoms with van der Waals surface area (Å²) in [6.07, 6.45) is -0.748. The molecule has 0 aliphatic rings. The number of ketones is 1. The van der Waals surface area contributed by atoms with Crippen molar-refractivity contribution >= 4 is 17.7 Å². The van der Waals surface area contributed by atoms with Gasteiger partial charge in [-0.25, -0.2) is 9.59 Å². The summed E-state index contributed by atoms with van der Waals surface area (Å²) in [6, 6.07) is 6.24. The predicted octanol–water partition coefficient (Wildman–Crippen LogP) is 1.53. The molecule has 0 heterocycles. The van der Waals surface area contributed by atoms with Crippen LogP contribution in [-0.2, 0) is 51.8 Å². The minimum Gasteiger partial charge on any atom is -0.463 e. The van der Waals surface area contributed by atoms with Gasteiger partial charge in [0.25, 0.3) is 5.60 Å². The van der Waals surface area contributed by atoms with Crippen LogP contribution in [0.15, 0.2) is 12.1 Å². The summed E-state index contributed by atoms with van der Waals surface area (Å²) in [4.78, 5) is 36.3. The van der Waals surface area contributed by atoms with E-state index in [1.165, 1.54) is 13.8 Å². The van der Waals surface area contributed by atoms with Gasteiger partial charge in [-0.1, -0.05) is 19.4 Å². The second-order valence-corrected chi connectivity index (χ2v) is 5.08. The molecule has 1 N–H and O–H groups in total. The Balaban J connectivity index is 0.00000529. The molecule has 0 bridgehead atoms. The standard InChI is InChI=1S/C17H21O6.Y/c1-5-22-15(19)17(21,16(20)23-6-2)10-14(18)13-8-7-11(3)9-12(13)4;/h7-8,21H,5-6,10H2,1-4H3;/q-1;+3. The number of esters is 2. The molecule has 24 heavy (non-hydrogen) atoms. The summed E-state index contributed by atoms with van der Waals surface area (Å²) in [5, 5.41) is 10.4. The third-order valence-corrected chi connectivity index (χ3v) is 3.23. The summed E-state index contributed by atoms with van der Waals surface area (Å²) >= 11 is 0. The van der Waals surface area contributed by atoms with E-state index in [4.69, 9.17) is 9.47 Å². The molecule has 1 aromatic carbocycles. The Hall–Kier alpha value is -1.11. The van der Waals surface area contributed by atoms with Crippen molar-refractivity contribution in [1.29, 1.82) is 0 Å². The molecular weight excluding hydrogens is 389 g/mol. The van der Waals surface area contributed by atoms with Crippen LogP contribution in [0.3, 0.4) is 0 Å². The van der Waals surface area contributed by atoms with Gasteiger partial charge >= 0.3 is 44.6 Å². The Morgan fingerprint density at radius 2 is 1.58 bits per heavy atom. The van der Waals surface area contributed by atoms with Crippen LogP contribution < -0.4 is 0 Å². The predicted molar refractivity (Wildman–Crippen MR) is 81.9 cm³/mol. The van der Waals surface area contributed by atoms with Gasteiger partial charge in [0.1, 0.15) is 5.78 Å². The summed E-state index contributed by atoms with van der Waals surface area (Å²) in [5.74, 6) is -2.96. The van der Waals surface area contributed by atoms with Crippen LogP contribution in [0.25, 0.3) is 0 Å². The maximum absolute atomic E-state index is 12.4. The van der Waals surface area contributed by atoms with Gasteiger partial charge in [-0.05, 0) is 13.8 Å². The van der Waals surface area contributed by atoms with E-state index in [1.807, 2.05) is 6.92 Å². The summed E-state index contributed by atoms with van der Waals surface area (Å²) in [6.45, 7) is 6.51. The van der Waals surface area contributed by atoms with Crippen molar-refractivity contribution in [1.82, 2.24) is 0 Å². The molecule has 0 unspecified atom stereocenters. The Morgan fingerprint density at radius 1 is 1.08 bits per heavy atom. The fourth-order valence-corrected chi connectivity index (χ4v) is 2.10. The molecule has 0 aromatic heterocycles. The molecule has 0 aliphatic heterocycles. The number of hydrogen-bond donors (Lipinski definition) is 1. The Bertz CT molecular complexity index is 593. The zero-order chi connectivity index (χ0) is 17.6. The van der Waals surface area contributed by atoms with E-state index in [1.54, 1.807) is 19.1 Å². The number of aliphatic hydroxyl groups is 1. The fraction of sp³-hybridized carbons (Fsp3) is 0.471. The Labute approximate surface area is 166 Å². The molecular formula is C17H21O6Y+2. The van der Waals surface area contributed by atoms with Crippen molar-refractivity contribution in [2.75, 3.05) is 13.2 Å². The van der Waals surface area contributed by atoms with E-state index in [2.05, 4.69) is 6.07 Å². The zero-order valence-electron chi connectivity index (χ0n) is 14.3. The van der Waals surface area contributed by atoms with Crippen LogP contribution in [0, 0.1) is 19.9 Å². The molecule has 0 saturated heterocycles. The number of hydrogen-bond acceptors (Lipinski definition) is 6. The largest absolute Gasteiger partial charge is 3.00 e. The van der Waals surface area contributed by atoms with Crippen LogP contribution in [0.5, 0.6) is 0 Å². The first-order chi connectivity index (χ1) is 10.8. The average molecular weight is 410 g/mol. The Morgan fingerprint density at radius 3 is 2.00 bits per heavy atom. The van der Waals surface area contributed by atoms with Crippen molar-refractivity contribution in [3.8, 4) is 0 Å². The van der Waals surface area contributed by atoms with E-state index in [9.17, 15) is 19.5 Å². The first-order valence-electron chi connectivity index (χ1n) is 7.35. The first-order valence-corrected chi connectivity index (χ1v) is 7.35. The number of benzene rings is 1. The number of rotatable bonds is 7. The molecule has 6 nitrogen and oxygen atoms in total. The fourth-order valence-electron chi connectivity index (χ4n) is 2.10. The molecule has 7 heteroatoms. The van der Waals surface area contributed by atoms with Crippen LogP contribution in [0.2, 0.25) is 0 Å². The van der Waals surface area contributed by atoms with Crippen LogP contribution >= 0.6 is 0 Å². The van der Waals surface area contributed by atoms with Crippen molar-refractivity contribution in [2.24, 2.45) is 0 Å². The quantitative estimate of drug-likeness (QED) is 0.318. The van der Waals surface area contributed by atoms with Gasteiger partial charge in [-0.2, -0.15) is 29.3 Å². The van der Waals surface area contributed by atoms with E-state index >= 15 is 0 Å². The van der Waals surface area contributed by atoms with E-state index in [-0.39, 0.29) is 51.5 Å². The third-order valence-electron chi connectivity index (χ3n) is 3.23. The van der Waals surface area contributed by atoms with Crippen LogP contribution in [0.1, 0.15) is 41.8 Å². The van der Waals surface area contributed by atoms with Crippen LogP contribution in [-0.4, -0.2) is 41.6 Å². The smallest absolute Gasteiger partial charge is 0.463 e. The zero-order valence-corrected chi connectivity index (χ0v) is 17.2. The normalized spacial score (nSPS) is 10.5. The molecule has 0 spiro atoms. The minimum absolute atomic E-state index is 0. The van der Waals surface area contributed by atoms with Crippen molar-refractivity contribution < 1.29 is 61.7 Å². The molecule has 1 aromatic rings. The van der Waals surface area contributed by atoms with E-state index in [0.717, 1.165) is 5.56 Å². The van der Waals surface area contributed by atoms with Crippen molar-refractivity contribution in [3.63, 3.8) is 0 Å². The van der Waals surface area contributed by atoms with Gasteiger partial charge in [0.15, 0.2) is 0 Å². The van der Waals surface area contributed by atoms with Crippen molar-refractivity contribution in [3.05, 3.63) is 34.9 Å². The number of carbonyl (C=O) groups excluding carboxylic acids is 3. The van der Waals surface area contributed by atoms with E-state index < -0.39 is 29.7 Å². The first kappa shape index (κ1) is 22.9. The van der Waals surface area contributed by atoms with Gasteiger partial charge < -0.3 is 19.4 Å². The SMILES string of the molecule is CCOC(=O)C(O)(CC(=O)c1ccc(C)[c-]c1C)C(=O)OCC.[Y+3]. The third kappa shape index (κ3) is 5.47. The maximum atomic E-state index is 12.4. The second-order valence-electron chi connectivity index (χ2n) is 5.08. The molecule has 0 saturated carbocycles. The Kier molecular flexibility index (Phi) is 9.55. The minimum atomic E-state index is -2.65. The summed E-state index contributed by atoms with van der Waals surface area (Å²) in [5.41, 5.74) is -0.946. The molecule has 0 radical (unpaired) electrons. The van der Waals surface area contributed by atoms with Gasteiger partial charge in [0.05, 0.1) is 13.2 Å². The molecule has 0 amide bonds. The van der Waals surface area contributed by atoms with Crippen molar-refractivity contribution in [2.45, 2.75) is 39.7 Å². The second kappa shape index (κ2) is 10.0. The molecule has 1 rings (SSSR count). The topological polar surface area (TPSA) is 89.9 Å². The number of carbonyl (C=O) groups is 3. The molecule has 0 atom stereocenters. The summed E-state index contributed by atoms with van der Waals surface area (Å²) in [7, 11) is 0. The van der Waals surface area contributed by atoms with Gasteiger partial charge in [-0.3, -0.25) is 0 Å². The molecule has 126 valence electrons. The van der Waals surface area contributed by atoms with Crippen LogP contribution in [0.4, 0.5) is 0 Å². The van der Waals surface area contributed by atoms with E-state index in [0.29, 0.717) is 5.56 Å². The van der Waals surface area contributed by atoms with Gasteiger partial charge in [0.2, 0.25) is 0 Å². The van der Waals surface area contributed by atoms with Gasteiger partial charge in [-0.15, -0.1) is 0 Å². The molecule has 0 aliphatic carbocycles. The monoisotopic (exact) mass is 410 g/mol.